The van der Waals surface area contributed by atoms with Crippen molar-refractivity contribution < 1.29 is 14.7 Å². The number of ketones is 2. The fraction of sp³-hybridized carbons (Fsp3) is 0.346. The van der Waals surface area contributed by atoms with Gasteiger partial charge in [-0.15, -0.1) is 0 Å². The van der Waals surface area contributed by atoms with Gasteiger partial charge in [0.1, 0.15) is 5.78 Å². The summed E-state index contributed by atoms with van der Waals surface area (Å²) in [5.41, 5.74) is 5.03. The first-order valence-corrected chi connectivity index (χ1v) is 11.0. The Balaban J connectivity index is 1.47. The van der Waals surface area contributed by atoms with Crippen LogP contribution in [0.1, 0.15) is 59.3 Å². The molecule has 1 saturated carbocycles. The first kappa shape index (κ1) is 19.9. The standard InChI is InChI=1S/C26H26N2O3/c29-22(6-9-26(31)10-11-26)19-15-21-24(23(30)16-19)20(14-17-4-2-1-3-5-17)25(28-21)18-7-12-27-13-8-18/h1-5,7-8,12-13,19,28,31H,6,9-11,14-16H2. The van der Waals surface area contributed by atoms with Crippen molar-refractivity contribution in [1.82, 2.24) is 9.97 Å². The Morgan fingerprint density at radius 1 is 1.10 bits per heavy atom. The minimum Gasteiger partial charge on any atom is -0.390 e. The fourth-order valence-corrected chi connectivity index (χ4v) is 4.65. The quantitative estimate of drug-likeness (QED) is 0.604. The van der Waals surface area contributed by atoms with Crippen LogP contribution in [-0.2, 0) is 17.6 Å². The number of H-pyrrole nitrogens is 1. The Labute approximate surface area is 181 Å². The largest absolute Gasteiger partial charge is 0.390 e. The van der Waals surface area contributed by atoms with E-state index in [1.54, 1.807) is 12.4 Å². The predicted octanol–water partition coefficient (Wildman–Crippen LogP) is 4.29. The molecule has 2 N–H and O–H groups in total. The summed E-state index contributed by atoms with van der Waals surface area (Å²) in [4.78, 5) is 33.6. The molecule has 158 valence electrons. The van der Waals surface area contributed by atoms with E-state index in [1.807, 2.05) is 30.3 Å². The summed E-state index contributed by atoms with van der Waals surface area (Å²) in [5, 5.41) is 10.1. The normalized spacial score (nSPS) is 19.1. The molecule has 1 fully saturated rings. The third kappa shape index (κ3) is 4.10. The van der Waals surface area contributed by atoms with Crippen molar-refractivity contribution in [1.29, 1.82) is 0 Å². The number of nitrogens with one attached hydrogen (secondary N) is 1. The summed E-state index contributed by atoms with van der Waals surface area (Å²) in [6, 6.07) is 14.0. The van der Waals surface area contributed by atoms with Gasteiger partial charge >= 0.3 is 0 Å². The van der Waals surface area contributed by atoms with E-state index in [1.165, 1.54) is 0 Å². The number of benzene rings is 1. The average Bonchev–Trinajstić information content (AvgIpc) is 3.42. The average molecular weight is 415 g/mol. The molecule has 1 unspecified atom stereocenters. The van der Waals surface area contributed by atoms with Crippen molar-refractivity contribution in [2.45, 2.75) is 50.5 Å². The van der Waals surface area contributed by atoms with Crippen LogP contribution < -0.4 is 0 Å². The Morgan fingerprint density at radius 2 is 1.84 bits per heavy atom. The molecule has 0 amide bonds. The maximum Gasteiger partial charge on any atom is 0.165 e. The van der Waals surface area contributed by atoms with E-state index in [0.29, 0.717) is 25.7 Å². The molecule has 2 aliphatic carbocycles. The second kappa shape index (κ2) is 7.89. The molecule has 0 radical (unpaired) electrons. The SMILES string of the molecule is O=C1CC(C(=O)CCC2(O)CC2)Cc2[nH]c(-c3ccncc3)c(Cc3ccccc3)c21. The molecule has 5 nitrogen and oxygen atoms in total. The van der Waals surface area contributed by atoms with Gasteiger partial charge in [-0.05, 0) is 48.9 Å². The zero-order valence-corrected chi connectivity index (χ0v) is 17.4. The van der Waals surface area contributed by atoms with Gasteiger partial charge in [0, 0.05) is 54.4 Å². The summed E-state index contributed by atoms with van der Waals surface area (Å²) in [6.45, 7) is 0. The zero-order valence-electron chi connectivity index (χ0n) is 17.4. The number of nitrogens with zero attached hydrogens (tertiary/aromatic N) is 1. The third-order valence-electron chi connectivity index (χ3n) is 6.65. The third-order valence-corrected chi connectivity index (χ3v) is 6.65. The number of pyridine rings is 1. The number of aromatic amines is 1. The molecule has 2 aliphatic rings. The molecule has 2 aromatic heterocycles. The van der Waals surface area contributed by atoms with Crippen molar-refractivity contribution >= 4 is 11.6 Å². The van der Waals surface area contributed by atoms with E-state index in [9.17, 15) is 14.7 Å². The van der Waals surface area contributed by atoms with E-state index >= 15 is 0 Å². The maximum absolute atomic E-state index is 13.2. The molecule has 0 aliphatic heterocycles. The van der Waals surface area contributed by atoms with Gasteiger partial charge in [0.15, 0.2) is 5.78 Å². The van der Waals surface area contributed by atoms with Crippen LogP contribution in [0.2, 0.25) is 0 Å². The van der Waals surface area contributed by atoms with Gasteiger partial charge in [-0.2, -0.15) is 0 Å². The lowest BCUT2D eigenvalue weighted by atomic mass is 9.80. The van der Waals surface area contributed by atoms with Crippen molar-refractivity contribution in [3.05, 3.63) is 77.2 Å². The molecule has 0 saturated heterocycles. The van der Waals surface area contributed by atoms with Crippen molar-refractivity contribution in [3.63, 3.8) is 0 Å². The van der Waals surface area contributed by atoms with Gasteiger partial charge in [0.05, 0.1) is 11.3 Å². The van der Waals surface area contributed by atoms with Gasteiger partial charge in [-0.25, -0.2) is 0 Å². The monoisotopic (exact) mass is 414 g/mol. The van der Waals surface area contributed by atoms with Crippen LogP contribution in [0, 0.1) is 5.92 Å². The molecular formula is C26H26N2O3. The fourth-order valence-electron chi connectivity index (χ4n) is 4.65. The lowest BCUT2D eigenvalue weighted by Gasteiger charge is -2.21. The molecular weight excluding hydrogens is 388 g/mol. The summed E-state index contributed by atoms with van der Waals surface area (Å²) >= 11 is 0. The van der Waals surface area contributed by atoms with E-state index in [-0.39, 0.29) is 23.9 Å². The van der Waals surface area contributed by atoms with Crippen LogP contribution in [0.15, 0.2) is 54.9 Å². The zero-order chi connectivity index (χ0) is 21.4. The van der Waals surface area contributed by atoms with Crippen molar-refractivity contribution in [3.8, 4) is 11.3 Å². The van der Waals surface area contributed by atoms with Crippen LogP contribution in [0.25, 0.3) is 11.3 Å². The molecule has 1 atom stereocenters. The number of hydrogen-bond acceptors (Lipinski definition) is 4. The van der Waals surface area contributed by atoms with E-state index in [2.05, 4.69) is 22.1 Å². The number of carbonyl (C=O) groups is 2. The van der Waals surface area contributed by atoms with Crippen LogP contribution in [-0.4, -0.2) is 32.2 Å². The second-order valence-electron chi connectivity index (χ2n) is 8.95. The van der Waals surface area contributed by atoms with Gasteiger partial charge in [0.25, 0.3) is 0 Å². The molecule has 5 heteroatoms. The highest BCUT2D eigenvalue weighted by molar-refractivity contribution is 6.04. The minimum atomic E-state index is -0.636. The highest BCUT2D eigenvalue weighted by atomic mass is 16.3. The molecule has 2 heterocycles. The van der Waals surface area contributed by atoms with Crippen molar-refractivity contribution in [2.24, 2.45) is 5.92 Å². The highest BCUT2D eigenvalue weighted by Crippen LogP contribution is 2.41. The Morgan fingerprint density at radius 3 is 2.55 bits per heavy atom. The summed E-state index contributed by atoms with van der Waals surface area (Å²) < 4.78 is 0. The molecule has 0 spiro atoms. The number of aromatic nitrogens is 2. The molecule has 31 heavy (non-hydrogen) atoms. The molecule has 3 aromatic rings. The van der Waals surface area contributed by atoms with Crippen LogP contribution >= 0.6 is 0 Å². The summed E-state index contributed by atoms with van der Waals surface area (Å²) in [6.07, 6.45) is 7.36. The number of hydrogen-bond donors (Lipinski definition) is 2. The Kier molecular flexibility index (Phi) is 5.06. The lowest BCUT2D eigenvalue weighted by molar-refractivity contribution is -0.123. The smallest absolute Gasteiger partial charge is 0.165 e. The van der Waals surface area contributed by atoms with Gasteiger partial charge in [-0.3, -0.25) is 14.6 Å². The second-order valence-corrected chi connectivity index (χ2v) is 8.95. The van der Waals surface area contributed by atoms with Gasteiger partial charge < -0.3 is 10.1 Å². The highest BCUT2D eigenvalue weighted by Gasteiger charge is 2.41. The van der Waals surface area contributed by atoms with Gasteiger partial charge in [0.2, 0.25) is 0 Å². The molecule has 1 aromatic carbocycles. The minimum absolute atomic E-state index is 0.0345. The number of aliphatic hydroxyl groups is 1. The first-order valence-electron chi connectivity index (χ1n) is 11.0. The lowest BCUT2D eigenvalue weighted by Crippen LogP contribution is -2.27. The maximum atomic E-state index is 13.2. The number of rotatable bonds is 7. The van der Waals surface area contributed by atoms with Gasteiger partial charge in [-0.1, -0.05) is 30.3 Å². The summed E-state index contributed by atoms with van der Waals surface area (Å²) in [7, 11) is 0. The summed E-state index contributed by atoms with van der Waals surface area (Å²) in [5.74, 6) is -0.188. The van der Waals surface area contributed by atoms with E-state index in [0.717, 1.165) is 46.5 Å². The number of Topliss-reactive ketones (excluding diaryl/α,β-unsaturated/α-hetero) is 2. The predicted molar refractivity (Wildman–Crippen MR) is 118 cm³/mol. The number of fused-ring (bicyclic) bond motifs is 1. The van der Waals surface area contributed by atoms with E-state index < -0.39 is 5.60 Å². The van der Waals surface area contributed by atoms with E-state index in [4.69, 9.17) is 0 Å². The van der Waals surface area contributed by atoms with Crippen LogP contribution in [0.3, 0.4) is 0 Å². The number of carbonyl (C=O) groups excluding carboxylic acids is 2. The Hall–Kier alpha value is -3.05. The topological polar surface area (TPSA) is 83.0 Å². The molecule has 5 rings (SSSR count). The Bertz CT molecular complexity index is 1110. The first-order chi connectivity index (χ1) is 15.0. The molecule has 0 bridgehead atoms. The van der Waals surface area contributed by atoms with Crippen LogP contribution in [0.4, 0.5) is 0 Å². The van der Waals surface area contributed by atoms with Crippen LogP contribution in [0.5, 0.6) is 0 Å². The van der Waals surface area contributed by atoms with Crippen molar-refractivity contribution in [2.75, 3.05) is 0 Å².